The topological polar surface area (TPSA) is 190 Å². The predicted molar refractivity (Wildman–Crippen MR) is 140 cm³/mol. The number of hydrazine groups is 2. The summed E-state index contributed by atoms with van der Waals surface area (Å²) in [6.45, 7) is 12.4. The first kappa shape index (κ1) is 37.5. The van der Waals surface area contributed by atoms with Crippen LogP contribution in [0.3, 0.4) is 0 Å². The third kappa shape index (κ3) is 20.4. The summed E-state index contributed by atoms with van der Waals surface area (Å²) in [5.74, 6) is -0.739. The number of rotatable bonds is 9. The largest absolute Gasteiger partial charge is 0.494 e. The monoisotopic (exact) mass is 615 g/mol. The van der Waals surface area contributed by atoms with Crippen molar-refractivity contribution in [1.29, 1.82) is 0 Å². The predicted octanol–water partition coefficient (Wildman–Crippen LogP) is -1.59. The van der Waals surface area contributed by atoms with Gasteiger partial charge in [0.25, 0.3) is 0 Å². The van der Waals surface area contributed by atoms with Crippen LogP contribution >= 0.6 is 0 Å². The zero-order valence-corrected chi connectivity index (χ0v) is 24.4. The van der Waals surface area contributed by atoms with Crippen LogP contribution in [0.25, 0.3) is 0 Å². The molecule has 0 saturated carbocycles. The Kier molecular flexibility index (Phi) is 20.8. The molecule has 0 aromatic heterocycles. The first-order chi connectivity index (χ1) is 18.5. The molecule has 15 nitrogen and oxygen atoms in total. The molecule has 0 unspecified atom stereocenters. The van der Waals surface area contributed by atoms with Crippen molar-refractivity contribution in [2.24, 2.45) is 0 Å². The Balaban J connectivity index is 0.000000563. The first-order valence-electron chi connectivity index (χ1n) is 12.6. The van der Waals surface area contributed by atoms with Crippen molar-refractivity contribution < 1.29 is 66.4 Å². The summed E-state index contributed by atoms with van der Waals surface area (Å²) in [4.78, 5) is 31.7. The van der Waals surface area contributed by atoms with E-state index in [2.05, 4.69) is 10.9 Å². The summed E-state index contributed by atoms with van der Waals surface area (Å²) < 4.78 is 15.4. The van der Waals surface area contributed by atoms with Gasteiger partial charge in [-0.15, -0.1) is 5.01 Å². The van der Waals surface area contributed by atoms with Crippen LogP contribution in [-0.4, -0.2) is 127 Å². The van der Waals surface area contributed by atoms with Crippen molar-refractivity contribution in [3.05, 3.63) is 35.9 Å². The number of ether oxygens (including phenoxy) is 3. The van der Waals surface area contributed by atoms with E-state index in [0.29, 0.717) is 65.8 Å². The van der Waals surface area contributed by atoms with Gasteiger partial charge in [0.15, 0.2) is 17.3 Å². The summed E-state index contributed by atoms with van der Waals surface area (Å²) in [7, 11) is 0. The quantitative estimate of drug-likeness (QED) is 0.0753. The van der Waals surface area contributed by atoms with Crippen LogP contribution in [0.5, 0.6) is 0 Å². The van der Waals surface area contributed by atoms with E-state index in [1.807, 2.05) is 5.01 Å². The van der Waals surface area contributed by atoms with Gasteiger partial charge in [0, 0.05) is 55.4 Å². The number of quaternary nitrogens is 1. The molecule has 0 aromatic carbocycles. The molecule has 3 saturated heterocycles. The fourth-order valence-corrected chi connectivity index (χ4v) is 3.26. The van der Waals surface area contributed by atoms with E-state index < -0.39 is 0 Å². The van der Waals surface area contributed by atoms with E-state index in [0.717, 1.165) is 25.2 Å². The van der Waals surface area contributed by atoms with Crippen LogP contribution in [0.2, 0.25) is 0 Å². The first-order valence-corrected chi connectivity index (χ1v) is 12.6. The number of nitrogens with zero attached hydrogens (tertiary/aromatic N) is 3. The molecule has 3 aliphatic heterocycles. The van der Waals surface area contributed by atoms with Crippen molar-refractivity contribution in [3.63, 3.8) is 0 Å². The Morgan fingerprint density at radius 1 is 0.625 bits per heavy atom. The number of hydrogen-bond donors (Lipinski definition) is 6. The maximum atomic E-state index is 10.6. The zero-order valence-electron chi connectivity index (χ0n) is 23.3. The van der Waals surface area contributed by atoms with Crippen LogP contribution in [0.15, 0.2) is 35.9 Å². The molecule has 0 bridgehead atoms. The number of carbonyl (C=O) groups excluding carboxylic acids is 3. The number of nitrogens with two attached hydrogens (primary N) is 1. The molecule has 3 aliphatic rings. The average Bonchev–Trinajstić information content (AvgIpc) is 2.85. The zero-order chi connectivity index (χ0) is 29.0. The molecule has 0 aromatic rings. The maximum Gasteiger partial charge on any atom is 0.309 e. The molecule has 230 valence electrons. The maximum absolute atomic E-state index is 10.6. The van der Waals surface area contributed by atoms with Gasteiger partial charge in [0.1, 0.15) is 0 Å². The van der Waals surface area contributed by atoms with Gasteiger partial charge < -0.3 is 29.5 Å². The van der Waals surface area contributed by atoms with E-state index >= 15 is 0 Å². The van der Waals surface area contributed by atoms with Crippen LogP contribution in [0, 0.1) is 0 Å². The Labute approximate surface area is 245 Å². The number of allylic oxidation sites excluding steroid dienone is 3. The summed E-state index contributed by atoms with van der Waals surface area (Å²) in [5, 5.41) is 33.2. The summed E-state index contributed by atoms with van der Waals surface area (Å²) in [6.07, 6.45) is 3.50. The number of aliphatic hydroxyl groups is 3. The van der Waals surface area contributed by atoms with Crippen LogP contribution in [0.1, 0.15) is 20.8 Å². The van der Waals surface area contributed by atoms with Gasteiger partial charge in [-0.05, 0) is 20.8 Å². The van der Waals surface area contributed by atoms with Gasteiger partial charge in [-0.2, -0.15) is 0 Å². The minimum absolute atomic E-state index is 0. The number of morpholine rings is 3. The van der Waals surface area contributed by atoms with E-state index in [1.54, 1.807) is 15.4 Å². The summed E-state index contributed by atoms with van der Waals surface area (Å²) >= 11 is 0. The van der Waals surface area contributed by atoms with E-state index in [-0.39, 0.29) is 52.1 Å². The van der Waals surface area contributed by atoms with E-state index in [9.17, 15) is 29.7 Å². The Morgan fingerprint density at radius 2 is 0.950 bits per heavy atom. The Hall–Kier alpha value is -2.53. The second-order valence-corrected chi connectivity index (χ2v) is 8.66. The third-order valence-electron chi connectivity index (χ3n) is 4.96. The minimum atomic E-state index is -0.182. The van der Waals surface area contributed by atoms with Gasteiger partial charge in [-0.1, -0.05) is 0 Å². The van der Waals surface area contributed by atoms with Gasteiger partial charge in [-0.3, -0.25) is 25.2 Å². The number of aliphatic hydroxyl groups excluding tert-OH is 3. The molecule has 0 spiro atoms. The molecule has 0 atom stereocenters. The minimum Gasteiger partial charge on any atom is -0.494 e. The molecule has 0 amide bonds. The fraction of sp³-hybridized carbons (Fsp3) is 0.625. The van der Waals surface area contributed by atoms with Gasteiger partial charge in [0.2, 0.25) is 11.8 Å². The molecule has 40 heavy (non-hydrogen) atoms. The van der Waals surface area contributed by atoms with Gasteiger partial charge >= 0.3 is 5.88 Å². The fourth-order valence-electron chi connectivity index (χ4n) is 3.26. The molecule has 3 heterocycles. The number of carbonyl (C=O) groups is 3. The summed E-state index contributed by atoms with van der Waals surface area (Å²) in [5.41, 5.74) is 6.97. The van der Waals surface area contributed by atoms with Crippen molar-refractivity contribution in [3.8, 4) is 0 Å². The van der Waals surface area contributed by atoms with Crippen LogP contribution in [-0.2, 0) is 45.7 Å². The normalized spacial score (nSPS) is 19.5. The van der Waals surface area contributed by atoms with Crippen molar-refractivity contribution >= 4 is 17.3 Å². The Bertz CT molecular complexity index is 744. The molecule has 16 heteroatoms. The smallest absolute Gasteiger partial charge is 0.309 e. The van der Waals surface area contributed by atoms with Crippen molar-refractivity contribution in [2.45, 2.75) is 20.8 Å². The SMILES string of the molecule is CC(=O)C=C(O)NN1CCOCC1.CC(=O)C=C(O)NN1CCOCC1.CC(=O)C=C(O)[NH2+]N1CCOCC1.[Fe]. The van der Waals surface area contributed by atoms with Gasteiger partial charge in [-0.25, -0.2) is 15.4 Å². The molecular formula is C24H43FeN6O9+. The second kappa shape index (κ2) is 22.2. The van der Waals surface area contributed by atoms with E-state index in [4.69, 9.17) is 14.2 Å². The molecular weight excluding hydrogens is 572 g/mol. The standard InChI is InChI=1S/3C8H14N2O3.Fe/c3*1-7(11)6-8(12)9-10-2-4-13-5-3-10;/h3*6,9,12H,2-5H2,1H3;/p+1. The van der Waals surface area contributed by atoms with Crippen molar-refractivity contribution in [1.82, 2.24) is 25.9 Å². The Morgan fingerprint density at radius 3 is 1.27 bits per heavy atom. The second-order valence-electron chi connectivity index (χ2n) is 8.66. The van der Waals surface area contributed by atoms with Crippen LogP contribution < -0.4 is 16.3 Å². The summed E-state index contributed by atoms with van der Waals surface area (Å²) in [6, 6.07) is 0. The molecule has 3 rings (SSSR count). The van der Waals surface area contributed by atoms with E-state index in [1.165, 1.54) is 26.8 Å². The number of hydrogen-bond acceptors (Lipinski definition) is 14. The molecule has 0 aliphatic carbocycles. The van der Waals surface area contributed by atoms with Gasteiger partial charge in [0.05, 0.1) is 58.8 Å². The van der Waals surface area contributed by atoms with Crippen LogP contribution in [0.4, 0.5) is 0 Å². The van der Waals surface area contributed by atoms with Crippen molar-refractivity contribution in [2.75, 3.05) is 78.9 Å². The molecule has 3 fully saturated rings. The molecule has 0 radical (unpaired) electrons. The average molecular weight is 615 g/mol. The number of ketones is 3. The number of nitrogens with one attached hydrogen (secondary N) is 2. The third-order valence-corrected chi connectivity index (χ3v) is 4.96. The molecule has 7 N–H and O–H groups in total.